The molecule has 8 heteroatoms. The standard InChI is InChI=1S/C24H29ClN4O2S/c1-5-11-28(12-6-2)22-13-21(25)26-24(27-22)32-16-19-7-9-20(10-8-19)23(30)29-14-17(3)31-18(4)15-29/h5-10,13,17-18H,1-2,11-12,14-16H2,3-4H3. The lowest BCUT2D eigenvalue weighted by Crippen LogP contribution is -2.48. The summed E-state index contributed by atoms with van der Waals surface area (Å²) < 4.78 is 5.72. The van der Waals surface area contributed by atoms with Crippen LogP contribution in [-0.2, 0) is 10.5 Å². The van der Waals surface area contributed by atoms with Crippen LogP contribution in [0, 0.1) is 0 Å². The van der Waals surface area contributed by atoms with Crippen LogP contribution >= 0.6 is 23.4 Å². The molecule has 1 amide bonds. The van der Waals surface area contributed by atoms with Gasteiger partial charge in [0, 0.05) is 43.6 Å². The molecule has 1 fully saturated rings. The molecule has 6 nitrogen and oxygen atoms in total. The quantitative estimate of drug-likeness (QED) is 0.225. The Morgan fingerprint density at radius 3 is 2.41 bits per heavy atom. The molecule has 1 saturated heterocycles. The Labute approximate surface area is 199 Å². The number of hydrogen-bond acceptors (Lipinski definition) is 6. The van der Waals surface area contributed by atoms with Gasteiger partial charge in [0.15, 0.2) is 5.16 Å². The number of nitrogens with zero attached hydrogens (tertiary/aromatic N) is 4. The molecule has 2 heterocycles. The summed E-state index contributed by atoms with van der Waals surface area (Å²) in [6.07, 6.45) is 3.73. The third-order valence-electron chi connectivity index (χ3n) is 4.96. The van der Waals surface area contributed by atoms with Crippen LogP contribution in [-0.4, -0.2) is 59.2 Å². The van der Waals surface area contributed by atoms with Gasteiger partial charge < -0.3 is 14.5 Å². The van der Waals surface area contributed by atoms with Crippen molar-refractivity contribution in [2.24, 2.45) is 0 Å². The summed E-state index contributed by atoms with van der Waals surface area (Å²) in [5, 5.41) is 0.993. The van der Waals surface area contributed by atoms with Gasteiger partial charge in [0.25, 0.3) is 5.91 Å². The van der Waals surface area contributed by atoms with E-state index in [1.165, 1.54) is 11.8 Å². The third-order valence-corrected chi connectivity index (χ3v) is 6.07. The first-order chi connectivity index (χ1) is 15.4. The number of ether oxygens (including phenoxy) is 1. The SMILES string of the molecule is C=CCN(CC=C)c1cc(Cl)nc(SCc2ccc(C(=O)N3CC(C)OC(C)C3)cc2)n1. The molecule has 32 heavy (non-hydrogen) atoms. The molecule has 2 aromatic rings. The number of halogens is 1. The molecule has 0 spiro atoms. The van der Waals surface area contributed by atoms with Crippen LogP contribution in [0.2, 0.25) is 5.15 Å². The number of rotatable bonds is 9. The zero-order chi connectivity index (χ0) is 23.1. The smallest absolute Gasteiger partial charge is 0.254 e. The lowest BCUT2D eigenvalue weighted by atomic mass is 10.1. The van der Waals surface area contributed by atoms with Crippen LogP contribution in [0.3, 0.4) is 0 Å². The van der Waals surface area contributed by atoms with Crippen LogP contribution in [0.4, 0.5) is 5.82 Å². The van der Waals surface area contributed by atoms with Crippen molar-refractivity contribution in [1.82, 2.24) is 14.9 Å². The van der Waals surface area contributed by atoms with Gasteiger partial charge in [0.2, 0.25) is 0 Å². The Morgan fingerprint density at radius 1 is 1.19 bits per heavy atom. The third kappa shape index (κ3) is 6.58. The van der Waals surface area contributed by atoms with Crippen LogP contribution < -0.4 is 4.90 Å². The van der Waals surface area contributed by atoms with Gasteiger partial charge in [-0.3, -0.25) is 4.79 Å². The van der Waals surface area contributed by atoms with E-state index in [0.717, 1.165) is 11.4 Å². The van der Waals surface area contributed by atoms with Crippen molar-refractivity contribution in [3.63, 3.8) is 0 Å². The predicted molar refractivity (Wildman–Crippen MR) is 132 cm³/mol. The Kier molecular flexibility index (Phi) is 8.73. The first-order valence-electron chi connectivity index (χ1n) is 10.6. The maximum atomic E-state index is 12.8. The largest absolute Gasteiger partial charge is 0.372 e. The highest BCUT2D eigenvalue weighted by Crippen LogP contribution is 2.25. The second-order valence-electron chi connectivity index (χ2n) is 7.77. The topological polar surface area (TPSA) is 58.6 Å². The molecular weight excluding hydrogens is 444 g/mol. The van der Waals surface area contributed by atoms with Gasteiger partial charge in [-0.05, 0) is 31.5 Å². The van der Waals surface area contributed by atoms with Crippen molar-refractivity contribution in [1.29, 1.82) is 0 Å². The number of hydrogen-bond donors (Lipinski definition) is 0. The molecule has 3 rings (SSSR count). The van der Waals surface area contributed by atoms with Gasteiger partial charge in [-0.2, -0.15) is 0 Å². The van der Waals surface area contributed by atoms with E-state index in [2.05, 4.69) is 23.1 Å². The zero-order valence-electron chi connectivity index (χ0n) is 18.5. The first kappa shape index (κ1) is 24.3. The van der Waals surface area contributed by atoms with Crippen LogP contribution in [0.1, 0.15) is 29.8 Å². The van der Waals surface area contributed by atoms with E-state index < -0.39 is 0 Å². The van der Waals surface area contributed by atoms with Gasteiger partial charge in [0.05, 0.1) is 12.2 Å². The summed E-state index contributed by atoms with van der Waals surface area (Å²) >= 11 is 7.73. The summed E-state index contributed by atoms with van der Waals surface area (Å²) in [7, 11) is 0. The molecule has 0 aliphatic carbocycles. The average Bonchev–Trinajstić information content (AvgIpc) is 2.76. The molecule has 1 aromatic heterocycles. The van der Waals surface area contributed by atoms with E-state index in [0.29, 0.717) is 47.8 Å². The molecule has 2 atom stereocenters. The van der Waals surface area contributed by atoms with Crippen molar-refractivity contribution >= 4 is 35.1 Å². The molecule has 1 aromatic carbocycles. The van der Waals surface area contributed by atoms with E-state index in [9.17, 15) is 4.79 Å². The Hall–Kier alpha value is -2.35. The summed E-state index contributed by atoms with van der Waals surface area (Å²) in [5.41, 5.74) is 1.76. The van der Waals surface area contributed by atoms with Gasteiger partial charge in [0.1, 0.15) is 11.0 Å². The van der Waals surface area contributed by atoms with Gasteiger partial charge >= 0.3 is 0 Å². The molecule has 0 bridgehead atoms. The molecule has 0 radical (unpaired) electrons. The van der Waals surface area contributed by atoms with E-state index in [1.807, 2.05) is 60.1 Å². The van der Waals surface area contributed by atoms with Crippen molar-refractivity contribution < 1.29 is 9.53 Å². The number of morpholine rings is 1. The second-order valence-corrected chi connectivity index (χ2v) is 9.10. The van der Waals surface area contributed by atoms with Gasteiger partial charge in [-0.15, -0.1) is 13.2 Å². The van der Waals surface area contributed by atoms with Crippen molar-refractivity contribution in [3.8, 4) is 0 Å². The maximum Gasteiger partial charge on any atom is 0.254 e. The van der Waals surface area contributed by atoms with Crippen molar-refractivity contribution in [3.05, 3.63) is 71.9 Å². The van der Waals surface area contributed by atoms with Crippen molar-refractivity contribution in [2.75, 3.05) is 31.1 Å². The zero-order valence-corrected chi connectivity index (χ0v) is 20.1. The highest BCUT2D eigenvalue weighted by molar-refractivity contribution is 7.98. The van der Waals surface area contributed by atoms with E-state index in [1.54, 1.807) is 6.07 Å². The molecule has 2 unspecified atom stereocenters. The molecule has 0 N–H and O–H groups in total. The Balaban J connectivity index is 1.64. The lowest BCUT2D eigenvalue weighted by Gasteiger charge is -2.35. The summed E-state index contributed by atoms with van der Waals surface area (Å²) in [6.45, 7) is 14.1. The van der Waals surface area contributed by atoms with Crippen LogP contribution in [0.15, 0.2) is 60.8 Å². The van der Waals surface area contributed by atoms with E-state index in [-0.39, 0.29) is 18.1 Å². The number of carbonyl (C=O) groups is 1. The molecule has 0 saturated carbocycles. The first-order valence-corrected chi connectivity index (χ1v) is 11.9. The minimum Gasteiger partial charge on any atom is -0.372 e. The Morgan fingerprint density at radius 2 is 1.81 bits per heavy atom. The average molecular weight is 473 g/mol. The number of thioether (sulfide) groups is 1. The molecule has 1 aliphatic heterocycles. The number of benzene rings is 1. The van der Waals surface area contributed by atoms with Gasteiger partial charge in [-0.25, -0.2) is 9.97 Å². The summed E-state index contributed by atoms with van der Waals surface area (Å²) in [5.74, 6) is 1.45. The fourth-order valence-corrected chi connectivity index (χ4v) is 4.64. The molecular formula is C24H29ClN4O2S. The number of carbonyl (C=O) groups excluding carboxylic acids is 1. The minimum absolute atomic E-state index is 0.0403. The lowest BCUT2D eigenvalue weighted by molar-refractivity contribution is -0.0586. The summed E-state index contributed by atoms with van der Waals surface area (Å²) in [6, 6.07) is 9.44. The highest BCUT2D eigenvalue weighted by atomic mass is 35.5. The summed E-state index contributed by atoms with van der Waals surface area (Å²) in [4.78, 5) is 25.7. The number of anilines is 1. The molecule has 1 aliphatic rings. The van der Waals surface area contributed by atoms with Gasteiger partial charge in [-0.1, -0.05) is 47.6 Å². The van der Waals surface area contributed by atoms with Crippen molar-refractivity contribution in [2.45, 2.75) is 37.0 Å². The number of aromatic nitrogens is 2. The molecule has 170 valence electrons. The van der Waals surface area contributed by atoms with Crippen LogP contribution in [0.25, 0.3) is 0 Å². The van der Waals surface area contributed by atoms with E-state index in [4.69, 9.17) is 16.3 Å². The monoisotopic (exact) mass is 472 g/mol. The number of amides is 1. The highest BCUT2D eigenvalue weighted by Gasteiger charge is 2.26. The predicted octanol–water partition coefficient (Wildman–Crippen LogP) is 4.85. The Bertz CT molecular complexity index is 934. The second kappa shape index (κ2) is 11.5. The fraction of sp³-hybridized carbons (Fsp3) is 0.375. The normalized spacial score (nSPS) is 18.3. The fourth-order valence-electron chi connectivity index (χ4n) is 3.60. The minimum atomic E-state index is 0.0403. The van der Waals surface area contributed by atoms with Crippen LogP contribution in [0.5, 0.6) is 0 Å². The maximum absolute atomic E-state index is 12.8. The van der Waals surface area contributed by atoms with E-state index >= 15 is 0 Å².